The number of aliphatic hydroxyl groups is 3. The van der Waals surface area contributed by atoms with E-state index in [9.17, 15) is 20.1 Å². The highest BCUT2D eigenvalue weighted by molar-refractivity contribution is 7.99. The number of nitrogens with one attached hydrogen (secondary N) is 1. The molecule has 9 atom stereocenters. The monoisotopic (exact) mass is 459 g/mol. The third-order valence-electron chi connectivity index (χ3n) is 5.63. The zero-order valence-electron chi connectivity index (χ0n) is 16.8. The fourth-order valence-electron chi connectivity index (χ4n) is 4.11. The first-order valence-electron chi connectivity index (χ1n) is 9.58. The van der Waals surface area contributed by atoms with Gasteiger partial charge in [-0.05, 0) is 39.0 Å². The van der Waals surface area contributed by atoms with Crippen molar-refractivity contribution in [2.45, 2.75) is 80.4 Å². The quantitative estimate of drug-likeness (QED) is 0.309. The van der Waals surface area contributed by atoms with Crippen molar-refractivity contribution in [1.82, 2.24) is 10.2 Å². The average molecular weight is 460 g/mol. The van der Waals surface area contributed by atoms with Gasteiger partial charge >= 0.3 is 0 Å². The van der Waals surface area contributed by atoms with Crippen molar-refractivity contribution < 1.29 is 37.3 Å². The minimum Gasteiger partial charge on any atom is -1.00 e. The largest absolute Gasteiger partial charge is 1.00 e. The minimum absolute atomic E-state index is 0. The van der Waals surface area contributed by atoms with Crippen molar-refractivity contribution in [1.29, 1.82) is 0 Å². The number of nitrogens with zero attached hydrogens (tertiary/aromatic N) is 1. The lowest BCUT2D eigenvalue weighted by Gasteiger charge is -2.44. The van der Waals surface area contributed by atoms with E-state index in [1.54, 1.807) is 13.2 Å². The summed E-state index contributed by atoms with van der Waals surface area (Å²) in [6.07, 6.45) is -0.0980. The molecule has 28 heavy (non-hydrogen) atoms. The van der Waals surface area contributed by atoms with E-state index >= 15 is 0 Å². The molecule has 0 bridgehead atoms. The lowest BCUT2D eigenvalue weighted by Crippen LogP contribution is -3.00. The highest BCUT2D eigenvalue weighted by atomic mass is 35.5. The average Bonchev–Trinajstić information content (AvgIpc) is 2.99. The second-order valence-corrected chi connectivity index (χ2v) is 9.36. The molecule has 4 N–H and O–H groups in total. The number of likely N-dealkylation sites (tertiary alicyclic amines) is 1. The second-order valence-electron chi connectivity index (χ2n) is 7.73. The Bertz CT molecular complexity index is 503. The van der Waals surface area contributed by atoms with Crippen LogP contribution in [0.25, 0.3) is 0 Å². The molecule has 2 rings (SSSR count). The third-order valence-corrected chi connectivity index (χ3v) is 6.76. The van der Waals surface area contributed by atoms with Gasteiger partial charge in [0, 0.05) is 6.54 Å². The molecule has 9 unspecified atom stereocenters. The molecule has 0 aromatic carbocycles. The van der Waals surface area contributed by atoms with Gasteiger partial charge in [0.15, 0.2) is 0 Å². The number of carbonyl (C=O) groups excluding carboxylic acids is 1. The van der Waals surface area contributed by atoms with Gasteiger partial charge in [-0.2, -0.15) is 0 Å². The number of likely N-dealkylation sites (N-methyl/N-ethyl adjacent to an activating group) is 1. The van der Waals surface area contributed by atoms with Crippen LogP contribution in [0.5, 0.6) is 0 Å². The van der Waals surface area contributed by atoms with E-state index in [0.717, 1.165) is 25.8 Å². The van der Waals surface area contributed by atoms with Gasteiger partial charge in [-0.25, -0.2) is 0 Å². The highest BCUT2D eigenvalue weighted by Crippen LogP contribution is 2.31. The van der Waals surface area contributed by atoms with Crippen LogP contribution in [-0.4, -0.2) is 93.3 Å². The molecule has 2 heterocycles. The van der Waals surface area contributed by atoms with Gasteiger partial charge in [-0.1, -0.05) is 13.3 Å². The number of rotatable bonds is 7. The zero-order valence-corrected chi connectivity index (χ0v) is 19.1. The highest BCUT2D eigenvalue weighted by Gasteiger charge is 2.48. The number of aliphatic hydroxyl groups excluding tert-OH is 3. The lowest BCUT2D eigenvalue weighted by atomic mass is 9.92. The number of alkyl halides is 1. The van der Waals surface area contributed by atoms with Gasteiger partial charge in [0.05, 0.1) is 17.5 Å². The number of carbonyl (C=O) groups is 1. The van der Waals surface area contributed by atoms with E-state index in [2.05, 4.69) is 12.2 Å². The summed E-state index contributed by atoms with van der Waals surface area (Å²) in [5, 5.41) is 33.0. The maximum Gasteiger partial charge on any atom is 0.237 e. The van der Waals surface area contributed by atoms with E-state index in [-0.39, 0.29) is 24.4 Å². The SMILES string of the molecule is CCCC1CC(C(=O)NC(C(C)Cl)C2OC(SC)C(O)C(O)C2O)N(C)C1.[Cl-]. The van der Waals surface area contributed by atoms with Crippen LogP contribution in [0.15, 0.2) is 0 Å². The zero-order chi connectivity index (χ0) is 20.3. The molecule has 1 amide bonds. The summed E-state index contributed by atoms with van der Waals surface area (Å²) in [6.45, 7) is 4.74. The summed E-state index contributed by atoms with van der Waals surface area (Å²) in [5.41, 5.74) is -0.702. The van der Waals surface area contributed by atoms with Crippen LogP contribution in [0.4, 0.5) is 0 Å². The summed E-state index contributed by atoms with van der Waals surface area (Å²) >= 11 is 7.55. The Balaban J connectivity index is 0.00000392. The Morgan fingerprint density at radius 1 is 1.32 bits per heavy atom. The number of thioether (sulfide) groups is 1. The molecule has 166 valence electrons. The number of hydrogen-bond donors (Lipinski definition) is 4. The van der Waals surface area contributed by atoms with Crippen LogP contribution in [0.2, 0.25) is 0 Å². The van der Waals surface area contributed by atoms with Crippen molar-refractivity contribution >= 4 is 29.3 Å². The first-order valence-corrected chi connectivity index (χ1v) is 11.3. The second kappa shape index (κ2) is 11.6. The number of ether oxygens (including phenoxy) is 1. The molecule has 10 heteroatoms. The molecule has 2 aliphatic rings. The molecule has 0 aliphatic carbocycles. The Labute approximate surface area is 182 Å². The van der Waals surface area contributed by atoms with E-state index in [1.807, 2.05) is 11.9 Å². The Hall–Kier alpha value is 0.200. The molecule has 2 aliphatic heterocycles. The van der Waals surface area contributed by atoms with E-state index < -0.39 is 41.3 Å². The lowest BCUT2D eigenvalue weighted by molar-refractivity contribution is -0.205. The van der Waals surface area contributed by atoms with Gasteiger partial charge in [-0.3, -0.25) is 9.69 Å². The third kappa shape index (κ3) is 5.88. The summed E-state index contributed by atoms with van der Waals surface area (Å²) < 4.78 is 5.79. The number of hydrogen-bond acceptors (Lipinski definition) is 7. The first-order chi connectivity index (χ1) is 12.7. The van der Waals surface area contributed by atoms with Gasteiger partial charge in [0.2, 0.25) is 5.91 Å². The predicted molar refractivity (Wildman–Crippen MR) is 107 cm³/mol. The van der Waals surface area contributed by atoms with Gasteiger partial charge in [0.1, 0.15) is 29.9 Å². The molecule has 0 aromatic heterocycles. The van der Waals surface area contributed by atoms with Crippen LogP contribution in [0.1, 0.15) is 33.1 Å². The molecular formula is C18H33Cl2N2O5S-. The van der Waals surface area contributed by atoms with Crippen molar-refractivity contribution in [3.05, 3.63) is 0 Å². The van der Waals surface area contributed by atoms with E-state index in [1.165, 1.54) is 11.8 Å². The molecule has 0 saturated carbocycles. The molecular weight excluding hydrogens is 427 g/mol. The topological polar surface area (TPSA) is 102 Å². The van der Waals surface area contributed by atoms with Crippen LogP contribution in [0, 0.1) is 5.92 Å². The maximum absolute atomic E-state index is 12.9. The van der Waals surface area contributed by atoms with E-state index in [0.29, 0.717) is 5.92 Å². The van der Waals surface area contributed by atoms with Crippen LogP contribution < -0.4 is 17.7 Å². The smallest absolute Gasteiger partial charge is 0.237 e. The van der Waals surface area contributed by atoms with E-state index in [4.69, 9.17) is 16.3 Å². The molecule has 0 spiro atoms. The fraction of sp³-hybridized carbons (Fsp3) is 0.944. The Morgan fingerprint density at radius 2 is 1.96 bits per heavy atom. The molecule has 2 saturated heterocycles. The minimum atomic E-state index is -1.36. The number of amides is 1. The van der Waals surface area contributed by atoms with Crippen molar-refractivity contribution in [3.63, 3.8) is 0 Å². The molecule has 7 nitrogen and oxygen atoms in total. The van der Waals surface area contributed by atoms with Gasteiger partial charge in [0.25, 0.3) is 0 Å². The standard InChI is InChI=1S/C18H33ClN2O5S.ClH/c1-5-6-10-7-11(21(3)8-10)17(25)20-12(9(2)19)16-14(23)13(22)15(24)18(26-16)27-4;/h9-16,18,22-24H,5-8H2,1-4H3,(H,20,25);1H/p-1. The van der Waals surface area contributed by atoms with Crippen molar-refractivity contribution in [2.24, 2.45) is 5.92 Å². The van der Waals surface area contributed by atoms with Gasteiger partial charge in [-0.15, -0.1) is 23.4 Å². The van der Waals surface area contributed by atoms with Crippen LogP contribution in [-0.2, 0) is 9.53 Å². The normalized spacial score (nSPS) is 38.5. The summed E-state index contributed by atoms with van der Waals surface area (Å²) in [4.78, 5) is 14.9. The fourth-order valence-corrected chi connectivity index (χ4v) is 5.00. The maximum atomic E-state index is 12.9. The molecule has 2 fully saturated rings. The summed E-state index contributed by atoms with van der Waals surface area (Å²) in [7, 11) is 1.94. The molecule has 0 aromatic rings. The van der Waals surface area contributed by atoms with Crippen molar-refractivity contribution in [3.8, 4) is 0 Å². The van der Waals surface area contributed by atoms with Crippen molar-refractivity contribution in [2.75, 3.05) is 19.8 Å². The Kier molecular flexibility index (Phi) is 10.8. The number of halogens is 2. The summed E-state index contributed by atoms with van der Waals surface area (Å²) in [5.74, 6) is 0.350. The van der Waals surface area contributed by atoms with Crippen LogP contribution >= 0.6 is 23.4 Å². The summed E-state index contributed by atoms with van der Waals surface area (Å²) in [6, 6.07) is -0.934. The predicted octanol–water partition coefficient (Wildman–Crippen LogP) is -2.61. The Morgan fingerprint density at radius 3 is 2.50 bits per heavy atom. The first kappa shape index (κ1) is 26.2. The van der Waals surface area contributed by atoms with Gasteiger partial charge < -0.3 is 37.8 Å². The van der Waals surface area contributed by atoms with Crippen LogP contribution in [0.3, 0.4) is 0 Å². The molecule has 0 radical (unpaired) electrons.